The maximum Gasteiger partial charge on any atom is 0.0777 e. The molecule has 0 aliphatic heterocycles. The molecule has 0 heterocycles. The summed E-state index contributed by atoms with van der Waals surface area (Å²) < 4.78 is 0. The summed E-state index contributed by atoms with van der Waals surface area (Å²) in [7, 11) is 0. The van der Waals surface area contributed by atoms with Crippen molar-refractivity contribution in [3.05, 3.63) is 19.6 Å². The van der Waals surface area contributed by atoms with Gasteiger partial charge in [0.1, 0.15) is 0 Å². The van der Waals surface area contributed by atoms with E-state index in [-0.39, 0.29) is 13.1 Å². The van der Waals surface area contributed by atoms with Gasteiger partial charge >= 0.3 is 0 Å². The van der Waals surface area contributed by atoms with E-state index in [1.54, 1.807) is 0 Å². The lowest BCUT2D eigenvalue weighted by atomic mass is 10.3. The van der Waals surface area contributed by atoms with Crippen molar-refractivity contribution in [1.82, 2.24) is 10.2 Å². The summed E-state index contributed by atoms with van der Waals surface area (Å²) in [5.74, 6) is 0. The maximum absolute atomic E-state index is 9.81. The van der Waals surface area contributed by atoms with Gasteiger partial charge in [-0.3, -0.25) is 0 Å². The summed E-state index contributed by atoms with van der Waals surface area (Å²) in [6, 6.07) is 0. The minimum atomic E-state index is 0.0263. The molecule has 0 amide bonds. The van der Waals surface area contributed by atoms with Gasteiger partial charge in [-0.2, -0.15) is 0 Å². The summed E-state index contributed by atoms with van der Waals surface area (Å²) in [5.41, 5.74) is 0. The molecule has 0 aliphatic carbocycles. The zero-order chi connectivity index (χ0) is 10.8. The van der Waals surface area contributed by atoms with E-state index in [4.69, 9.17) is 0 Å². The Morgan fingerprint density at radius 3 is 1.14 bits per heavy atom. The molecular formula is C4H8N6O4. The predicted octanol–water partition coefficient (Wildman–Crippen LogP) is 1.10. The minimum Gasteiger partial charge on any atom is -0.123 e. The van der Waals surface area contributed by atoms with Gasteiger partial charge in [-0.05, 0) is 12.8 Å². The first-order valence-electron chi connectivity index (χ1n) is 3.66. The first-order valence-corrected chi connectivity index (χ1v) is 3.66. The second kappa shape index (κ2) is 7.64. The molecule has 78 valence electrons. The summed E-state index contributed by atoms with van der Waals surface area (Å²) in [5, 5.41) is 9.98. The Bertz CT molecular complexity index is 172. The predicted molar refractivity (Wildman–Crippen MR) is 45.8 cm³/mol. The van der Waals surface area contributed by atoms with Crippen LogP contribution in [-0.4, -0.2) is 23.3 Å². The highest BCUT2D eigenvalue weighted by Crippen LogP contribution is 1.99. The lowest BCUT2D eigenvalue weighted by molar-refractivity contribution is 0.256. The number of hydrogen-bond acceptors (Lipinski definition) is 8. The number of nitrogens with zero attached hydrogens (tertiary/aromatic N) is 6. The third kappa shape index (κ3) is 4.79. The van der Waals surface area contributed by atoms with E-state index in [1.165, 1.54) is 0 Å². The highest BCUT2D eigenvalue weighted by Gasteiger charge is 2.04. The van der Waals surface area contributed by atoms with Crippen molar-refractivity contribution in [1.29, 1.82) is 0 Å². The average molecular weight is 204 g/mol. The quantitative estimate of drug-likeness (QED) is 0.314. The molecule has 0 spiro atoms. The molecule has 0 rings (SSSR count). The van der Waals surface area contributed by atoms with Crippen LogP contribution in [0.2, 0.25) is 0 Å². The molecule has 0 unspecified atom stereocenters. The first kappa shape index (κ1) is 12.0. The molecule has 0 saturated heterocycles. The van der Waals surface area contributed by atoms with Crippen LogP contribution in [0, 0.1) is 19.6 Å². The molecular weight excluding hydrogens is 196 g/mol. The molecule has 14 heavy (non-hydrogen) atoms. The standard InChI is InChI=1S/C4H8N6O4/c11-5-9(6-12)3-1-2-4-10(7-13)8-14/h1-4H2. The fourth-order valence-electron chi connectivity index (χ4n) is 0.700. The summed E-state index contributed by atoms with van der Waals surface area (Å²) in [4.78, 5) is 39.2. The average Bonchev–Trinajstić information content (AvgIpc) is 2.24. The molecule has 0 bridgehead atoms. The Kier molecular flexibility index (Phi) is 6.55. The Morgan fingerprint density at radius 2 is 0.929 bits per heavy atom. The highest BCUT2D eigenvalue weighted by atomic mass is 16.4. The molecule has 0 N–H and O–H groups in total. The second-order valence-corrected chi connectivity index (χ2v) is 2.23. The summed E-state index contributed by atoms with van der Waals surface area (Å²) >= 11 is 0. The number of hydrogen-bond donors (Lipinski definition) is 0. The van der Waals surface area contributed by atoms with Crippen LogP contribution in [0.1, 0.15) is 12.8 Å². The van der Waals surface area contributed by atoms with Crippen molar-refractivity contribution in [2.45, 2.75) is 12.8 Å². The number of rotatable bonds is 9. The van der Waals surface area contributed by atoms with Crippen LogP contribution in [-0.2, 0) is 0 Å². The largest absolute Gasteiger partial charge is 0.123 e. The molecule has 0 aromatic rings. The normalized spacial score (nSPS) is 8.86. The number of unbranched alkanes of at least 4 members (excludes halogenated alkanes) is 1. The van der Waals surface area contributed by atoms with Gasteiger partial charge in [-0.1, -0.05) is 0 Å². The minimum absolute atomic E-state index is 0.0263. The Morgan fingerprint density at radius 1 is 0.643 bits per heavy atom. The lowest BCUT2D eigenvalue weighted by Crippen LogP contribution is -2.14. The molecule has 0 aliphatic rings. The van der Waals surface area contributed by atoms with E-state index in [1.807, 2.05) is 0 Å². The molecule has 0 saturated carbocycles. The van der Waals surface area contributed by atoms with Crippen molar-refractivity contribution in [2.24, 2.45) is 21.1 Å². The van der Waals surface area contributed by atoms with Crippen molar-refractivity contribution in [3.8, 4) is 0 Å². The van der Waals surface area contributed by atoms with Gasteiger partial charge in [-0.15, -0.1) is 29.9 Å². The van der Waals surface area contributed by atoms with E-state index >= 15 is 0 Å². The van der Waals surface area contributed by atoms with Crippen LogP contribution >= 0.6 is 0 Å². The van der Waals surface area contributed by atoms with Gasteiger partial charge in [0.15, 0.2) is 0 Å². The summed E-state index contributed by atoms with van der Waals surface area (Å²) in [6.45, 7) is 0.0527. The van der Waals surface area contributed by atoms with E-state index in [9.17, 15) is 19.6 Å². The smallest absolute Gasteiger partial charge is 0.0777 e. The van der Waals surface area contributed by atoms with E-state index in [0.717, 1.165) is 0 Å². The zero-order valence-electron chi connectivity index (χ0n) is 7.14. The van der Waals surface area contributed by atoms with Crippen molar-refractivity contribution in [2.75, 3.05) is 13.1 Å². The van der Waals surface area contributed by atoms with Crippen LogP contribution in [0.25, 0.3) is 0 Å². The van der Waals surface area contributed by atoms with E-state index in [2.05, 4.69) is 21.1 Å². The van der Waals surface area contributed by atoms with Crippen molar-refractivity contribution >= 4 is 0 Å². The molecule has 0 aromatic carbocycles. The zero-order valence-corrected chi connectivity index (χ0v) is 7.14. The molecule has 0 radical (unpaired) electrons. The SMILES string of the molecule is O=NN(CCCCN(N=O)N=O)N=O. The fourth-order valence-corrected chi connectivity index (χ4v) is 0.700. The van der Waals surface area contributed by atoms with Gasteiger partial charge in [0, 0.05) is 0 Å². The Balaban J connectivity index is 3.53. The van der Waals surface area contributed by atoms with E-state index in [0.29, 0.717) is 23.1 Å². The van der Waals surface area contributed by atoms with Gasteiger partial charge < -0.3 is 0 Å². The van der Waals surface area contributed by atoms with Gasteiger partial charge in [0.05, 0.1) is 34.2 Å². The Labute approximate surface area is 78.0 Å². The van der Waals surface area contributed by atoms with Crippen LogP contribution < -0.4 is 0 Å². The van der Waals surface area contributed by atoms with Crippen molar-refractivity contribution < 1.29 is 0 Å². The third-order valence-electron chi connectivity index (χ3n) is 1.34. The highest BCUT2D eigenvalue weighted by molar-refractivity contribution is 4.49. The Hall–Kier alpha value is -2.00. The molecule has 10 nitrogen and oxygen atoms in total. The topological polar surface area (TPSA) is 124 Å². The first-order chi connectivity index (χ1) is 6.78. The van der Waals surface area contributed by atoms with E-state index < -0.39 is 0 Å². The molecule has 10 heteroatoms. The molecule has 0 aromatic heterocycles. The fraction of sp³-hybridized carbons (Fsp3) is 1.00. The lowest BCUT2D eigenvalue weighted by Gasteiger charge is -2.05. The van der Waals surface area contributed by atoms with Crippen molar-refractivity contribution in [3.63, 3.8) is 0 Å². The van der Waals surface area contributed by atoms with Gasteiger partial charge in [0.25, 0.3) is 0 Å². The second-order valence-electron chi connectivity index (χ2n) is 2.23. The van der Waals surface area contributed by atoms with Crippen LogP contribution in [0.3, 0.4) is 0 Å². The maximum atomic E-state index is 9.81. The van der Waals surface area contributed by atoms with Crippen LogP contribution in [0.5, 0.6) is 0 Å². The van der Waals surface area contributed by atoms with Gasteiger partial charge in [-0.25, -0.2) is 0 Å². The number of nitroso groups, excluding NO2 is 4. The molecule has 0 atom stereocenters. The van der Waals surface area contributed by atoms with Gasteiger partial charge in [0.2, 0.25) is 0 Å². The monoisotopic (exact) mass is 204 g/mol. The van der Waals surface area contributed by atoms with Crippen LogP contribution in [0.4, 0.5) is 0 Å². The third-order valence-corrected chi connectivity index (χ3v) is 1.34. The van der Waals surface area contributed by atoms with Crippen LogP contribution in [0.15, 0.2) is 21.1 Å². The summed E-state index contributed by atoms with van der Waals surface area (Å²) in [6.07, 6.45) is 0.720. The molecule has 0 fully saturated rings.